The van der Waals surface area contributed by atoms with Crippen LogP contribution in [0, 0.1) is 0 Å². The molecule has 0 unspecified atom stereocenters. The van der Waals surface area contributed by atoms with Crippen molar-refractivity contribution in [3.05, 3.63) is 30.0 Å². The number of halogens is 3. The lowest BCUT2D eigenvalue weighted by Gasteiger charge is -2.11. The summed E-state index contributed by atoms with van der Waals surface area (Å²) in [5, 5.41) is 9.10. The van der Waals surface area contributed by atoms with Gasteiger partial charge in [0.2, 0.25) is 0 Å². The van der Waals surface area contributed by atoms with Crippen LogP contribution in [0.5, 0.6) is 11.5 Å². The Morgan fingerprint density at radius 2 is 2.00 bits per heavy atom. The molecule has 0 atom stereocenters. The lowest BCUT2D eigenvalue weighted by atomic mass is 10.1. The first-order chi connectivity index (χ1) is 9.30. The van der Waals surface area contributed by atoms with E-state index in [2.05, 4.69) is 9.72 Å². The molecule has 0 amide bonds. The minimum absolute atomic E-state index is 0.0972. The van der Waals surface area contributed by atoms with E-state index in [9.17, 15) is 18.0 Å². The second-order valence-corrected chi connectivity index (χ2v) is 3.74. The van der Waals surface area contributed by atoms with Gasteiger partial charge in [0.15, 0.2) is 5.69 Å². The van der Waals surface area contributed by atoms with Gasteiger partial charge in [0.1, 0.15) is 11.5 Å². The molecule has 2 rings (SSSR count). The molecule has 0 radical (unpaired) electrons. The fourth-order valence-corrected chi connectivity index (χ4v) is 1.65. The molecule has 1 aromatic carbocycles. The highest BCUT2D eigenvalue weighted by Crippen LogP contribution is 2.31. The minimum Gasteiger partial charge on any atom is -0.496 e. The molecule has 0 saturated carbocycles. The van der Waals surface area contributed by atoms with Crippen LogP contribution in [0.25, 0.3) is 10.9 Å². The van der Waals surface area contributed by atoms with Gasteiger partial charge in [0.25, 0.3) is 0 Å². The fourth-order valence-electron chi connectivity index (χ4n) is 1.65. The van der Waals surface area contributed by atoms with E-state index in [0.29, 0.717) is 0 Å². The molecule has 106 valence electrons. The number of aromatic carboxylic acids is 1. The van der Waals surface area contributed by atoms with Gasteiger partial charge in [-0.1, -0.05) is 0 Å². The van der Waals surface area contributed by atoms with Crippen molar-refractivity contribution in [1.82, 2.24) is 4.98 Å². The van der Waals surface area contributed by atoms with Crippen LogP contribution in [0.15, 0.2) is 24.3 Å². The van der Waals surface area contributed by atoms with Gasteiger partial charge in [-0.2, -0.15) is 0 Å². The van der Waals surface area contributed by atoms with Crippen molar-refractivity contribution in [1.29, 1.82) is 0 Å². The zero-order chi connectivity index (χ0) is 14.9. The normalized spacial score (nSPS) is 11.4. The van der Waals surface area contributed by atoms with E-state index in [1.165, 1.54) is 13.2 Å². The Kier molecular flexibility index (Phi) is 3.39. The minimum atomic E-state index is -4.81. The predicted octanol–water partition coefficient (Wildman–Crippen LogP) is 2.84. The number of carboxylic acids is 1. The van der Waals surface area contributed by atoms with E-state index < -0.39 is 18.1 Å². The number of carbonyl (C=O) groups is 1. The zero-order valence-electron chi connectivity index (χ0n) is 10.1. The van der Waals surface area contributed by atoms with Crippen molar-refractivity contribution in [2.75, 3.05) is 7.11 Å². The summed E-state index contributed by atoms with van der Waals surface area (Å²) in [5.74, 6) is -1.60. The Bertz CT molecular complexity index is 670. The molecule has 8 heteroatoms. The highest BCUT2D eigenvalue weighted by Gasteiger charge is 2.31. The quantitative estimate of drug-likeness (QED) is 0.940. The Labute approximate surface area is 110 Å². The number of methoxy groups -OCH3 is 1. The van der Waals surface area contributed by atoms with Gasteiger partial charge < -0.3 is 14.6 Å². The molecule has 0 fully saturated rings. The Morgan fingerprint density at radius 1 is 1.30 bits per heavy atom. The number of hydrogen-bond acceptors (Lipinski definition) is 4. The second-order valence-electron chi connectivity index (χ2n) is 3.74. The zero-order valence-corrected chi connectivity index (χ0v) is 10.1. The molecule has 1 heterocycles. The lowest BCUT2D eigenvalue weighted by molar-refractivity contribution is -0.274. The molecule has 1 aromatic heterocycles. The third kappa shape index (κ3) is 2.90. The van der Waals surface area contributed by atoms with Crippen molar-refractivity contribution in [3.63, 3.8) is 0 Å². The number of alkyl halides is 3. The number of aromatic nitrogens is 1. The number of hydrogen-bond donors (Lipinski definition) is 1. The molecular formula is C12H8F3NO4. The van der Waals surface area contributed by atoms with Crippen LogP contribution in [0.2, 0.25) is 0 Å². The molecule has 2 aromatic rings. The first-order valence-corrected chi connectivity index (χ1v) is 5.28. The van der Waals surface area contributed by atoms with Gasteiger partial charge in [-0.15, -0.1) is 13.2 Å². The van der Waals surface area contributed by atoms with Crippen LogP contribution in [-0.4, -0.2) is 29.5 Å². The van der Waals surface area contributed by atoms with Crippen molar-refractivity contribution in [3.8, 4) is 11.5 Å². The molecular weight excluding hydrogens is 279 g/mol. The number of rotatable bonds is 3. The molecule has 0 spiro atoms. The number of nitrogens with zero attached hydrogens (tertiary/aromatic N) is 1. The molecule has 5 nitrogen and oxygen atoms in total. The number of ether oxygens (including phenoxy) is 2. The number of pyridine rings is 1. The van der Waals surface area contributed by atoms with E-state index in [4.69, 9.17) is 9.84 Å². The summed E-state index contributed by atoms with van der Waals surface area (Å²) in [4.78, 5) is 14.7. The largest absolute Gasteiger partial charge is 0.573 e. The lowest BCUT2D eigenvalue weighted by Crippen LogP contribution is -2.17. The standard InChI is InChI=1S/C12H8F3NO4/c1-19-10-5-9(11(17)18)16-8-3-2-6(4-7(8)10)20-12(13,14)15/h2-5H,1H3,(H,17,18). The van der Waals surface area contributed by atoms with Gasteiger partial charge in [-0.05, 0) is 18.2 Å². The summed E-state index contributed by atoms with van der Waals surface area (Å²) in [5.41, 5.74) is -0.0740. The summed E-state index contributed by atoms with van der Waals surface area (Å²) >= 11 is 0. The van der Waals surface area contributed by atoms with E-state index in [-0.39, 0.29) is 22.3 Å². The summed E-state index contributed by atoms with van der Waals surface area (Å²) in [6.07, 6.45) is -4.81. The first kappa shape index (κ1) is 13.9. The maximum atomic E-state index is 12.1. The summed E-state index contributed by atoms with van der Waals surface area (Å²) in [7, 11) is 1.28. The molecule has 20 heavy (non-hydrogen) atoms. The van der Waals surface area contributed by atoms with Gasteiger partial charge in [-0.3, -0.25) is 0 Å². The highest BCUT2D eigenvalue weighted by molar-refractivity contribution is 5.93. The van der Waals surface area contributed by atoms with E-state index in [0.717, 1.165) is 18.2 Å². The molecule has 0 aliphatic heterocycles. The molecule has 0 aliphatic carbocycles. The number of benzene rings is 1. The summed E-state index contributed by atoms with van der Waals surface area (Å²) < 4.78 is 45.2. The third-order valence-corrected chi connectivity index (χ3v) is 2.41. The van der Waals surface area contributed by atoms with Gasteiger partial charge in [0, 0.05) is 11.5 Å². The third-order valence-electron chi connectivity index (χ3n) is 2.41. The number of carboxylic acid groups (broad SMARTS) is 1. The Hall–Kier alpha value is -2.51. The monoisotopic (exact) mass is 287 g/mol. The number of fused-ring (bicyclic) bond motifs is 1. The van der Waals surface area contributed by atoms with Crippen molar-refractivity contribution >= 4 is 16.9 Å². The van der Waals surface area contributed by atoms with Crippen LogP contribution in [0.3, 0.4) is 0 Å². The molecule has 0 saturated heterocycles. The van der Waals surface area contributed by atoms with E-state index in [1.807, 2.05) is 0 Å². The maximum Gasteiger partial charge on any atom is 0.573 e. The highest BCUT2D eigenvalue weighted by atomic mass is 19.4. The average molecular weight is 287 g/mol. The Balaban J connectivity index is 2.57. The molecule has 0 bridgehead atoms. The van der Waals surface area contributed by atoms with Gasteiger partial charge in [-0.25, -0.2) is 9.78 Å². The van der Waals surface area contributed by atoms with E-state index in [1.54, 1.807) is 0 Å². The van der Waals surface area contributed by atoms with E-state index >= 15 is 0 Å². The second kappa shape index (κ2) is 4.87. The van der Waals surface area contributed by atoms with Crippen LogP contribution in [0.4, 0.5) is 13.2 Å². The summed E-state index contributed by atoms with van der Waals surface area (Å²) in [6.45, 7) is 0. The van der Waals surface area contributed by atoms with Crippen molar-refractivity contribution in [2.45, 2.75) is 6.36 Å². The Morgan fingerprint density at radius 3 is 2.55 bits per heavy atom. The maximum absolute atomic E-state index is 12.1. The van der Waals surface area contributed by atoms with Crippen molar-refractivity contribution in [2.24, 2.45) is 0 Å². The first-order valence-electron chi connectivity index (χ1n) is 5.28. The predicted molar refractivity (Wildman–Crippen MR) is 61.9 cm³/mol. The fraction of sp³-hybridized carbons (Fsp3) is 0.167. The van der Waals surface area contributed by atoms with Gasteiger partial charge >= 0.3 is 12.3 Å². The van der Waals surface area contributed by atoms with Crippen LogP contribution < -0.4 is 9.47 Å². The molecule has 0 aliphatic rings. The SMILES string of the molecule is COc1cc(C(=O)O)nc2ccc(OC(F)(F)F)cc12. The van der Waals surface area contributed by atoms with Crippen LogP contribution in [-0.2, 0) is 0 Å². The van der Waals surface area contributed by atoms with Crippen molar-refractivity contribution < 1.29 is 32.5 Å². The summed E-state index contributed by atoms with van der Waals surface area (Å²) in [6, 6.07) is 4.49. The topological polar surface area (TPSA) is 68.7 Å². The molecule has 1 N–H and O–H groups in total. The average Bonchev–Trinajstić information content (AvgIpc) is 2.35. The van der Waals surface area contributed by atoms with Crippen LogP contribution in [0.1, 0.15) is 10.5 Å². The smallest absolute Gasteiger partial charge is 0.496 e. The van der Waals surface area contributed by atoms with Gasteiger partial charge in [0.05, 0.1) is 12.6 Å². The van der Waals surface area contributed by atoms with Crippen LogP contribution >= 0.6 is 0 Å².